The molecule has 0 aliphatic carbocycles. The third-order valence-corrected chi connectivity index (χ3v) is 2.29. The summed E-state index contributed by atoms with van der Waals surface area (Å²) in [6.45, 7) is 0.241. The van der Waals surface area contributed by atoms with Gasteiger partial charge in [0.1, 0.15) is 0 Å². The Balaban J connectivity index is 2.61. The maximum absolute atomic E-state index is 10.6. The van der Waals surface area contributed by atoms with E-state index < -0.39 is 12.1 Å². The second-order valence-electron chi connectivity index (χ2n) is 3.69. The molecule has 0 radical (unpaired) electrons. The molecule has 0 heterocycles. The summed E-state index contributed by atoms with van der Waals surface area (Å²) in [4.78, 5) is 12.1. The molecule has 1 aromatic rings. The SMILES string of the molecule is C#CCN(CC(=O)O)CC(O)c1ccccc1. The first kappa shape index (κ1) is 13.2. The summed E-state index contributed by atoms with van der Waals surface area (Å²) >= 11 is 0. The molecule has 0 aliphatic heterocycles. The van der Waals surface area contributed by atoms with Crippen molar-refractivity contribution in [1.29, 1.82) is 0 Å². The molecule has 2 N–H and O–H groups in total. The number of benzene rings is 1. The maximum Gasteiger partial charge on any atom is 0.317 e. The molecular formula is C13H15NO3. The summed E-state index contributed by atoms with van der Waals surface area (Å²) in [6, 6.07) is 9.08. The van der Waals surface area contributed by atoms with E-state index in [1.807, 2.05) is 18.2 Å². The van der Waals surface area contributed by atoms with Crippen LogP contribution in [0.2, 0.25) is 0 Å². The molecule has 17 heavy (non-hydrogen) atoms. The van der Waals surface area contributed by atoms with E-state index in [9.17, 15) is 9.90 Å². The van der Waals surface area contributed by atoms with E-state index in [1.54, 1.807) is 12.1 Å². The summed E-state index contributed by atoms with van der Waals surface area (Å²) in [5.74, 6) is 1.42. The number of hydrogen-bond acceptors (Lipinski definition) is 3. The van der Waals surface area contributed by atoms with E-state index in [4.69, 9.17) is 11.5 Å². The Morgan fingerprint density at radius 1 is 1.41 bits per heavy atom. The Labute approximate surface area is 100 Å². The van der Waals surface area contributed by atoms with Crippen molar-refractivity contribution < 1.29 is 15.0 Å². The largest absolute Gasteiger partial charge is 0.480 e. The Hall–Kier alpha value is -1.83. The number of carbonyl (C=O) groups is 1. The van der Waals surface area contributed by atoms with Crippen molar-refractivity contribution >= 4 is 5.97 Å². The van der Waals surface area contributed by atoms with Crippen LogP contribution in [0.4, 0.5) is 0 Å². The molecule has 0 fully saturated rings. The van der Waals surface area contributed by atoms with Crippen LogP contribution in [0.15, 0.2) is 30.3 Å². The fourth-order valence-electron chi connectivity index (χ4n) is 1.53. The smallest absolute Gasteiger partial charge is 0.317 e. The maximum atomic E-state index is 10.6. The number of nitrogens with zero attached hydrogens (tertiary/aromatic N) is 1. The lowest BCUT2D eigenvalue weighted by Crippen LogP contribution is -2.33. The lowest BCUT2D eigenvalue weighted by molar-refractivity contribution is -0.138. The van der Waals surface area contributed by atoms with Gasteiger partial charge in [0.05, 0.1) is 19.2 Å². The number of aliphatic hydroxyl groups excluding tert-OH is 1. The van der Waals surface area contributed by atoms with Crippen LogP contribution in [-0.4, -0.2) is 40.7 Å². The van der Waals surface area contributed by atoms with Gasteiger partial charge in [-0.2, -0.15) is 0 Å². The third-order valence-electron chi connectivity index (χ3n) is 2.29. The van der Waals surface area contributed by atoms with E-state index in [0.717, 1.165) is 5.56 Å². The summed E-state index contributed by atoms with van der Waals surface area (Å²) in [5.41, 5.74) is 0.750. The van der Waals surface area contributed by atoms with Crippen LogP contribution in [0.25, 0.3) is 0 Å². The van der Waals surface area contributed by atoms with Crippen LogP contribution in [0.1, 0.15) is 11.7 Å². The minimum atomic E-state index is -0.958. The summed E-state index contributed by atoms with van der Waals surface area (Å²) in [7, 11) is 0. The van der Waals surface area contributed by atoms with Gasteiger partial charge in [-0.15, -0.1) is 6.42 Å². The normalized spacial score (nSPS) is 12.1. The Kier molecular flexibility index (Phi) is 5.21. The monoisotopic (exact) mass is 233 g/mol. The summed E-state index contributed by atoms with van der Waals surface area (Å²) in [5, 5.41) is 18.6. The van der Waals surface area contributed by atoms with Crippen molar-refractivity contribution in [2.45, 2.75) is 6.10 Å². The predicted molar refractivity (Wildman–Crippen MR) is 64.3 cm³/mol. The number of hydrogen-bond donors (Lipinski definition) is 2. The number of carboxylic acids is 1. The zero-order valence-corrected chi connectivity index (χ0v) is 9.41. The lowest BCUT2D eigenvalue weighted by atomic mass is 10.1. The molecule has 4 nitrogen and oxygen atoms in total. The van der Waals surface area contributed by atoms with Crippen LogP contribution in [0.5, 0.6) is 0 Å². The van der Waals surface area contributed by atoms with Gasteiger partial charge < -0.3 is 10.2 Å². The Morgan fingerprint density at radius 2 is 2.06 bits per heavy atom. The van der Waals surface area contributed by atoms with E-state index >= 15 is 0 Å². The molecule has 0 aromatic heterocycles. The van der Waals surface area contributed by atoms with E-state index in [2.05, 4.69) is 5.92 Å². The van der Waals surface area contributed by atoms with Gasteiger partial charge in [0.15, 0.2) is 0 Å². The zero-order chi connectivity index (χ0) is 12.7. The zero-order valence-electron chi connectivity index (χ0n) is 9.41. The standard InChI is InChI=1S/C13H15NO3/c1-2-8-14(10-13(16)17)9-12(15)11-6-4-3-5-7-11/h1,3-7,12,15H,8-10H2,(H,16,17). The summed E-state index contributed by atoms with van der Waals surface area (Å²) < 4.78 is 0. The van der Waals surface area contributed by atoms with Crippen molar-refractivity contribution in [3.8, 4) is 12.3 Å². The van der Waals surface area contributed by atoms with Gasteiger partial charge in [0.25, 0.3) is 0 Å². The van der Waals surface area contributed by atoms with Gasteiger partial charge in [0.2, 0.25) is 0 Å². The van der Waals surface area contributed by atoms with Gasteiger partial charge in [-0.25, -0.2) is 0 Å². The fourth-order valence-corrected chi connectivity index (χ4v) is 1.53. The highest BCUT2D eigenvalue weighted by molar-refractivity contribution is 5.69. The molecule has 0 saturated heterocycles. The van der Waals surface area contributed by atoms with E-state index in [0.29, 0.717) is 0 Å². The predicted octanol–water partition coefficient (Wildman–Crippen LogP) is 0.740. The van der Waals surface area contributed by atoms with Gasteiger partial charge >= 0.3 is 5.97 Å². The molecule has 0 spiro atoms. The molecule has 90 valence electrons. The Morgan fingerprint density at radius 3 is 2.59 bits per heavy atom. The molecule has 1 rings (SSSR count). The average Bonchev–Trinajstić information content (AvgIpc) is 2.29. The highest BCUT2D eigenvalue weighted by atomic mass is 16.4. The highest BCUT2D eigenvalue weighted by Gasteiger charge is 2.14. The first-order chi connectivity index (χ1) is 8.13. The topological polar surface area (TPSA) is 60.8 Å². The van der Waals surface area contributed by atoms with Crippen LogP contribution >= 0.6 is 0 Å². The molecular weight excluding hydrogens is 218 g/mol. The van der Waals surface area contributed by atoms with Gasteiger partial charge in [0, 0.05) is 6.54 Å². The quantitative estimate of drug-likeness (QED) is 0.711. The fraction of sp³-hybridized carbons (Fsp3) is 0.308. The Bertz CT molecular complexity index is 397. The van der Waals surface area contributed by atoms with Crippen LogP contribution in [0.3, 0.4) is 0 Å². The van der Waals surface area contributed by atoms with Crippen LogP contribution in [0, 0.1) is 12.3 Å². The van der Waals surface area contributed by atoms with Crippen molar-refractivity contribution in [1.82, 2.24) is 4.90 Å². The van der Waals surface area contributed by atoms with Crippen molar-refractivity contribution in [2.75, 3.05) is 19.6 Å². The summed E-state index contributed by atoms with van der Waals surface area (Å²) in [6.07, 6.45) is 4.42. The van der Waals surface area contributed by atoms with Gasteiger partial charge in [-0.3, -0.25) is 9.69 Å². The number of aliphatic carboxylic acids is 1. The number of rotatable bonds is 6. The molecule has 1 atom stereocenters. The molecule has 1 unspecified atom stereocenters. The molecule has 0 amide bonds. The number of carboxylic acid groups (broad SMARTS) is 1. The number of aliphatic hydroxyl groups is 1. The second kappa shape index (κ2) is 6.69. The van der Waals surface area contributed by atoms with Crippen molar-refractivity contribution in [3.63, 3.8) is 0 Å². The van der Waals surface area contributed by atoms with Crippen molar-refractivity contribution in [2.24, 2.45) is 0 Å². The van der Waals surface area contributed by atoms with E-state index in [-0.39, 0.29) is 19.6 Å². The molecule has 0 aliphatic rings. The van der Waals surface area contributed by atoms with Crippen molar-refractivity contribution in [3.05, 3.63) is 35.9 Å². The second-order valence-corrected chi connectivity index (χ2v) is 3.69. The lowest BCUT2D eigenvalue weighted by Gasteiger charge is -2.21. The van der Waals surface area contributed by atoms with Crippen LogP contribution in [-0.2, 0) is 4.79 Å². The minimum Gasteiger partial charge on any atom is -0.480 e. The average molecular weight is 233 g/mol. The van der Waals surface area contributed by atoms with Gasteiger partial charge in [-0.05, 0) is 5.56 Å². The molecule has 4 heteroatoms. The first-order valence-electron chi connectivity index (χ1n) is 5.24. The minimum absolute atomic E-state index is 0.173. The van der Waals surface area contributed by atoms with Gasteiger partial charge in [-0.1, -0.05) is 36.3 Å². The highest BCUT2D eigenvalue weighted by Crippen LogP contribution is 2.13. The third kappa shape index (κ3) is 4.68. The molecule has 0 saturated carbocycles. The first-order valence-corrected chi connectivity index (χ1v) is 5.24. The molecule has 0 bridgehead atoms. The number of terminal acetylenes is 1. The van der Waals surface area contributed by atoms with E-state index in [1.165, 1.54) is 4.90 Å². The van der Waals surface area contributed by atoms with Crippen LogP contribution < -0.4 is 0 Å². The molecule has 1 aromatic carbocycles.